The molecule has 0 aliphatic carbocycles. The Morgan fingerprint density at radius 2 is 1.88 bits per heavy atom. The number of halogens is 1. The zero-order chi connectivity index (χ0) is 17.2. The lowest BCUT2D eigenvalue weighted by Gasteiger charge is -2.25. The van der Waals surface area contributed by atoms with Crippen LogP contribution in [0.5, 0.6) is 5.75 Å². The minimum absolute atomic E-state index is 0.111. The summed E-state index contributed by atoms with van der Waals surface area (Å²) >= 11 is 0. The maximum Gasteiger partial charge on any atom is 0.262 e. The number of hydrogen-bond acceptors (Lipinski definition) is 4. The second kappa shape index (κ2) is 6.60. The quantitative estimate of drug-likeness (QED) is 0.912. The molecule has 24 heavy (non-hydrogen) atoms. The Morgan fingerprint density at radius 3 is 2.62 bits per heavy atom. The molecule has 0 radical (unpaired) electrons. The molecule has 3 rings (SSSR count). The molecule has 0 spiro atoms. The van der Waals surface area contributed by atoms with Crippen LogP contribution in [0.25, 0.3) is 0 Å². The summed E-state index contributed by atoms with van der Waals surface area (Å²) in [6, 6.07) is 12.2. The Kier molecular flexibility index (Phi) is 4.53. The van der Waals surface area contributed by atoms with Crippen molar-refractivity contribution in [3.63, 3.8) is 0 Å². The summed E-state index contributed by atoms with van der Waals surface area (Å²) in [4.78, 5) is 12.3. The minimum Gasteiger partial charge on any atom is -0.478 e. The van der Waals surface area contributed by atoms with Gasteiger partial charge in [0.25, 0.3) is 5.91 Å². The van der Waals surface area contributed by atoms with Gasteiger partial charge in [0, 0.05) is 6.54 Å². The Labute approximate surface area is 139 Å². The smallest absolute Gasteiger partial charge is 0.262 e. The first-order valence-electron chi connectivity index (χ1n) is 7.46. The number of sulfone groups is 1. The van der Waals surface area contributed by atoms with E-state index in [0.717, 1.165) is 5.56 Å². The van der Waals surface area contributed by atoms with Gasteiger partial charge in [-0.15, -0.1) is 0 Å². The number of ether oxygens (including phenoxy) is 1. The molecule has 0 saturated heterocycles. The summed E-state index contributed by atoms with van der Waals surface area (Å²) in [7, 11) is -3.55. The molecule has 0 saturated carbocycles. The largest absolute Gasteiger partial charge is 0.478 e. The van der Waals surface area contributed by atoms with Crippen LogP contribution in [0.4, 0.5) is 4.39 Å². The van der Waals surface area contributed by atoms with Gasteiger partial charge >= 0.3 is 0 Å². The van der Waals surface area contributed by atoms with Gasteiger partial charge in [0.2, 0.25) is 0 Å². The molecule has 7 heteroatoms. The third-order valence-electron chi connectivity index (χ3n) is 3.74. The molecule has 1 amide bonds. The summed E-state index contributed by atoms with van der Waals surface area (Å²) < 4.78 is 42.8. The van der Waals surface area contributed by atoms with E-state index < -0.39 is 21.8 Å². The molecule has 2 aromatic carbocycles. The van der Waals surface area contributed by atoms with Gasteiger partial charge in [0.1, 0.15) is 22.2 Å². The molecule has 1 N–H and O–H groups in total. The number of amides is 1. The average Bonchev–Trinajstić information content (AvgIpc) is 2.56. The monoisotopic (exact) mass is 349 g/mol. The fraction of sp³-hybridized carbons (Fsp3) is 0.235. The van der Waals surface area contributed by atoms with E-state index in [9.17, 15) is 17.6 Å². The fourth-order valence-corrected chi connectivity index (χ4v) is 4.01. The standard InChI is InChI=1S/C17H16FNO4S/c18-13-7-5-12(6-8-13)9-10-19-17(20)15-11-24(21,22)16-4-2-1-3-14(16)23-15/h1-8,15H,9-11H2,(H,19,20)/t15-/m0/s1. The van der Waals surface area contributed by atoms with E-state index in [1.807, 2.05) is 0 Å². The number of hydrogen-bond donors (Lipinski definition) is 1. The maximum absolute atomic E-state index is 12.8. The highest BCUT2D eigenvalue weighted by molar-refractivity contribution is 7.91. The number of carbonyl (C=O) groups excluding carboxylic acids is 1. The number of fused-ring (bicyclic) bond motifs is 1. The Balaban J connectivity index is 1.61. The number of rotatable bonds is 4. The highest BCUT2D eigenvalue weighted by Crippen LogP contribution is 2.30. The second-order valence-electron chi connectivity index (χ2n) is 5.50. The summed E-state index contributed by atoms with van der Waals surface area (Å²) in [6.07, 6.45) is -0.555. The summed E-state index contributed by atoms with van der Waals surface area (Å²) in [6.45, 7) is 0.312. The number of benzene rings is 2. The molecule has 0 aromatic heterocycles. The fourth-order valence-electron chi connectivity index (χ4n) is 2.50. The lowest BCUT2D eigenvalue weighted by atomic mass is 10.1. The van der Waals surface area contributed by atoms with Crippen LogP contribution in [-0.4, -0.2) is 32.7 Å². The van der Waals surface area contributed by atoms with Crippen molar-refractivity contribution in [2.75, 3.05) is 12.3 Å². The Morgan fingerprint density at radius 1 is 1.17 bits per heavy atom. The van der Waals surface area contributed by atoms with E-state index in [1.54, 1.807) is 24.3 Å². The molecule has 1 atom stereocenters. The number of carbonyl (C=O) groups is 1. The lowest BCUT2D eigenvalue weighted by Crippen LogP contribution is -2.45. The second-order valence-corrected chi connectivity index (χ2v) is 7.50. The molecule has 126 valence electrons. The van der Waals surface area contributed by atoms with Crippen LogP contribution in [0.2, 0.25) is 0 Å². The molecule has 2 aromatic rings. The van der Waals surface area contributed by atoms with Crippen molar-refractivity contribution in [1.29, 1.82) is 0 Å². The minimum atomic E-state index is -3.55. The first kappa shape index (κ1) is 16.4. The zero-order valence-electron chi connectivity index (χ0n) is 12.7. The summed E-state index contributed by atoms with van der Waals surface area (Å²) in [5.41, 5.74) is 0.874. The highest BCUT2D eigenvalue weighted by atomic mass is 32.2. The molecule has 0 bridgehead atoms. The van der Waals surface area contributed by atoms with E-state index >= 15 is 0 Å². The van der Waals surface area contributed by atoms with E-state index in [1.165, 1.54) is 24.3 Å². The van der Waals surface area contributed by atoms with Crippen molar-refractivity contribution >= 4 is 15.7 Å². The van der Waals surface area contributed by atoms with Crippen LogP contribution in [0, 0.1) is 5.82 Å². The topological polar surface area (TPSA) is 72.5 Å². The molecule has 1 heterocycles. The van der Waals surface area contributed by atoms with Crippen LogP contribution < -0.4 is 10.1 Å². The van der Waals surface area contributed by atoms with E-state index in [2.05, 4.69) is 5.32 Å². The Bertz CT molecular complexity index is 849. The van der Waals surface area contributed by atoms with Gasteiger partial charge in [0.15, 0.2) is 15.9 Å². The Hall–Kier alpha value is -2.41. The number of nitrogens with one attached hydrogen (secondary N) is 1. The van der Waals surface area contributed by atoms with Gasteiger partial charge in [-0.25, -0.2) is 12.8 Å². The van der Waals surface area contributed by atoms with Crippen molar-refractivity contribution in [1.82, 2.24) is 5.32 Å². The first-order chi connectivity index (χ1) is 11.5. The zero-order valence-corrected chi connectivity index (χ0v) is 13.6. The van der Waals surface area contributed by atoms with Crippen LogP contribution >= 0.6 is 0 Å². The van der Waals surface area contributed by atoms with Crippen molar-refractivity contribution in [2.24, 2.45) is 0 Å². The molecule has 1 aliphatic rings. The van der Waals surface area contributed by atoms with Crippen LogP contribution in [-0.2, 0) is 21.1 Å². The first-order valence-corrected chi connectivity index (χ1v) is 9.11. The third kappa shape index (κ3) is 3.56. The molecule has 0 unspecified atom stereocenters. The van der Waals surface area contributed by atoms with Gasteiger partial charge in [-0.05, 0) is 36.2 Å². The normalized spacial score (nSPS) is 18.3. The molecule has 1 aliphatic heterocycles. The van der Waals surface area contributed by atoms with Crippen molar-refractivity contribution < 1.29 is 22.3 Å². The lowest BCUT2D eigenvalue weighted by molar-refractivity contribution is -0.127. The van der Waals surface area contributed by atoms with Crippen LogP contribution in [0.15, 0.2) is 53.4 Å². The van der Waals surface area contributed by atoms with Gasteiger partial charge in [-0.3, -0.25) is 4.79 Å². The molecular weight excluding hydrogens is 333 g/mol. The van der Waals surface area contributed by atoms with Gasteiger partial charge in [0.05, 0.1) is 0 Å². The van der Waals surface area contributed by atoms with E-state index in [0.29, 0.717) is 13.0 Å². The average molecular weight is 349 g/mol. The van der Waals surface area contributed by atoms with Crippen molar-refractivity contribution in [2.45, 2.75) is 17.4 Å². The van der Waals surface area contributed by atoms with Crippen molar-refractivity contribution in [3.05, 3.63) is 59.9 Å². The number of para-hydroxylation sites is 1. The van der Waals surface area contributed by atoms with Gasteiger partial charge in [-0.2, -0.15) is 0 Å². The summed E-state index contributed by atoms with van der Waals surface area (Å²) in [5.74, 6) is -0.980. The van der Waals surface area contributed by atoms with Crippen LogP contribution in [0.1, 0.15) is 5.56 Å². The predicted octanol–water partition coefficient (Wildman–Crippen LogP) is 1.72. The van der Waals surface area contributed by atoms with E-state index in [4.69, 9.17) is 4.74 Å². The third-order valence-corrected chi connectivity index (χ3v) is 5.49. The van der Waals surface area contributed by atoms with Crippen molar-refractivity contribution in [3.8, 4) is 5.75 Å². The summed E-state index contributed by atoms with van der Waals surface area (Å²) in [5, 5.41) is 2.66. The predicted molar refractivity (Wildman–Crippen MR) is 86.0 cm³/mol. The molecule has 0 fully saturated rings. The molecule has 5 nitrogen and oxygen atoms in total. The van der Waals surface area contributed by atoms with Gasteiger partial charge < -0.3 is 10.1 Å². The van der Waals surface area contributed by atoms with E-state index in [-0.39, 0.29) is 22.2 Å². The maximum atomic E-state index is 12.8. The van der Waals surface area contributed by atoms with Crippen LogP contribution in [0.3, 0.4) is 0 Å². The van der Waals surface area contributed by atoms with Gasteiger partial charge in [-0.1, -0.05) is 24.3 Å². The molecular formula is C17H16FNO4S. The highest BCUT2D eigenvalue weighted by Gasteiger charge is 2.35. The SMILES string of the molecule is O=C(NCCc1ccc(F)cc1)[C@@H]1CS(=O)(=O)c2ccccc2O1.